The van der Waals surface area contributed by atoms with Gasteiger partial charge in [0.1, 0.15) is 0 Å². The van der Waals surface area contributed by atoms with Gasteiger partial charge in [0, 0.05) is 44.1 Å². The van der Waals surface area contributed by atoms with E-state index < -0.39 is 0 Å². The Morgan fingerprint density at radius 1 is 0.443 bits per heavy atom. The molecule has 0 aliphatic heterocycles. The van der Waals surface area contributed by atoms with Crippen LogP contribution >= 0.6 is 0 Å². The highest BCUT2D eigenvalue weighted by Gasteiger charge is 2.22. The smallest absolute Gasteiger partial charge is 0.160 e. The van der Waals surface area contributed by atoms with E-state index in [9.17, 15) is 0 Å². The molecule has 0 radical (unpaired) electrons. The molecule has 0 saturated carbocycles. The van der Waals surface area contributed by atoms with Crippen LogP contribution < -0.4 is 0 Å². The molecule has 3 heterocycles. The lowest BCUT2D eigenvalue weighted by Gasteiger charge is -2.15. The number of aromatic nitrogens is 4. The second-order valence-electron chi connectivity index (χ2n) is 15.8. The van der Waals surface area contributed by atoms with Crippen LogP contribution in [0.4, 0.5) is 0 Å². The first-order valence-electron chi connectivity index (χ1n) is 21.0. The number of benzene rings is 8. The van der Waals surface area contributed by atoms with Crippen molar-refractivity contribution in [2.45, 2.75) is 12.8 Å². The number of fused-ring (bicyclic) bond motifs is 7. The molecule has 0 fully saturated rings. The Bertz CT molecular complexity index is 3560. The van der Waals surface area contributed by atoms with Crippen LogP contribution in [0.5, 0.6) is 0 Å². The molecule has 12 rings (SSSR count). The third kappa shape index (κ3) is 5.95. The lowest BCUT2D eigenvalue weighted by Crippen LogP contribution is -2.00. The Balaban J connectivity index is 1.03. The van der Waals surface area contributed by atoms with E-state index in [2.05, 4.69) is 205 Å². The highest BCUT2D eigenvalue weighted by molar-refractivity contribution is 6.25. The molecule has 1 aliphatic rings. The Morgan fingerprint density at radius 3 is 1.85 bits per heavy atom. The summed E-state index contributed by atoms with van der Waals surface area (Å²) in [5.41, 5.74) is 13.8. The van der Waals surface area contributed by atoms with Crippen molar-refractivity contribution in [3.8, 4) is 50.6 Å². The van der Waals surface area contributed by atoms with Crippen molar-refractivity contribution >= 4 is 59.8 Å². The summed E-state index contributed by atoms with van der Waals surface area (Å²) in [6.07, 6.45) is 8.66. The van der Waals surface area contributed by atoms with Crippen LogP contribution in [0, 0.1) is 0 Å². The molecular formula is C57H38N4. The minimum atomic E-state index is 0.756. The second kappa shape index (κ2) is 14.4. The Morgan fingerprint density at radius 2 is 1.08 bits per heavy atom. The summed E-state index contributed by atoms with van der Waals surface area (Å²) >= 11 is 0. The van der Waals surface area contributed by atoms with Crippen molar-refractivity contribution in [1.29, 1.82) is 0 Å². The third-order valence-corrected chi connectivity index (χ3v) is 12.2. The molecule has 0 atom stereocenters. The van der Waals surface area contributed by atoms with Crippen molar-refractivity contribution in [3.63, 3.8) is 0 Å². The Kier molecular flexibility index (Phi) is 8.27. The maximum atomic E-state index is 5.53. The zero-order valence-electron chi connectivity index (χ0n) is 33.3. The molecule has 1 aliphatic carbocycles. The largest absolute Gasteiger partial charge is 0.307 e. The zero-order valence-corrected chi connectivity index (χ0v) is 33.3. The lowest BCUT2D eigenvalue weighted by atomic mass is 9.92. The maximum Gasteiger partial charge on any atom is 0.160 e. The number of nitrogens with zero attached hydrogens (tertiary/aromatic N) is 4. The standard InChI is InChI=1S/C57H38N4/c1-4-16-38(17-5-1)50-36-52(60-57(59-50)40-18-6-2-7-19-40)47-33-32-44(45-24-12-13-25-46(45)47)37-28-30-39(31-29-37)55-56-54(49-34-41-20-10-11-21-42(41)35-51(49)58-55)48-26-14-15-27-53(48)61(56)43-22-8-3-9-23-43/h1,3-6,8-36H,2,7H2. The minimum Gasteiger partial charge on any atom is -0.307 e. The van der Waals surface area contributed by atoms with E-state index in [1.54, 1.807) is 0 Å². The van der Waals surface area contributed by atoms with Crippen LogP contribution in [-0.4, -0.2) is 19.5 Å². The van der Waals surface area contributed by atoms with Gasteiger partial charge in [0.05, 0.1) is 33.6 Å². The predicted molar refractivity (Wildman–Crippen MR) is 255 cm³/mol. The highest BCUT2D eigenvalue weighted by Crippen LogP contribution is 2.43. The molecular weight excluding hydrogens is 741 g/mol. The van der Waals surface area contributed by atoms with Gasteiger partial charge in [-0.3, -0.25) is 0 Å². The molecule has 3 aromatic heterocycles. The van der Waals surface area contributed by atoms with E-state index in [4.69, 9.17) is 15.0 Å². The van der Waals surface area contributed by atoms with Crippen molar-refractivity contribution < 1.29 is 0 Å². The molecule has 0 amide bonds. The Labute approximate surface area is 353 Å². The summed E-state index contributed by atoms with van der Waals surface area (Å²) in [4.78, 5) is 15.8. The summed E-state index contributed by atoms with van der Waals surface area (Å²) in [5.74, 6) is 0.756. The topological polar surface area (TPSA) is 43.6 Å². The molecule has 8 aromatic carbocycles. The van der Waals surface area contributed by atoms with E-state index in [1.807, 2.05) is 6.07 Å². The van der Waals surface area contributed by atoms with Gasteiger partial charge < -0.3 is 4.57 Å². The summed E-state index contributed by atoms with van der Waals surface area (Å²) in [5, 5.41) is 8.31. The summed E-state index contributed by atoms with van der Waals surface area (Å²) < 4.78 is 2.39. The monoisotopic (exact) mass is 778 g/mol. The van der Waals surface area contributed by atoms with E-state index >= 15 is 0 Å². The molecule has 286 valence electrons. The number of allylic oxidation sites excluding steroid dienone is 4. The van der Waals surface area contributed by atoms with Gasteiger partial charge in [-0.15, -0.1) is 0 Å². The lowest BCUT2D eigenvalue weighted by molar-refractivity contribution is 1.03. The average molecular weight is 779 g/mol. The molecule has 0 saturated heterocycles. The molecule has 0 N–H and O–H groups in total. The average Bonchev–Trinajstić information content (AvgIpc) is 3.69. The van der Waals surface area contributed by atoms with Crippen LogP contribution in [0.15, 0.2) is 206 Å². The van der Waals surface area contributed by atoms with E-state index in [0.29, 0.717) is 0 Å². The van der Waals surface area contributed by atoms with Crippen molar-refractivity contribution in [1.82, 2.24) is 19.5 Å². The van der Waals surface area contributed by atoms with Gasteiger partial charge in [-0.2, -0.15) is 0 Å². The first kappa shape index (κ1) is 35.0. The molecule has 61 heavy (non-hydrogen) atoms. The fourth-order valence-electron chi connectivity index (χ4n) is 9.31. The van der Waals surface area contributed by atoms with Gasteiger partial charge in [0.15, 0.2) is 5.82 Å². The molecule has 4 nitrogen and oxygen atoms in total. The normalized spacial score (nSPS) is 12.8. The fourth-order valence-corrected chi connectivity index (χ4v) is 9.31. The Hall–Kier alpha value is -7.95. The summed E-state index contributed by atoms with van der Waals surface area (Å²) in [6, 6.07) is 67.3. The van der Waals surface area contributed by atoms with E-state index in [1.165, 1.54) is 32.5 Å². The number of hydrogen-bond acceptors (Lipinski definition) is 3. The van der Waals surface area contributed by atoms with Gasteiger partial charge in [-0.25, -0.2) is 15.0 Å². The maximum absolute atomic E-state index is 5.53. The van der Waals surface area contributed by atoms with Crippen molar-refractivity contribution in [2.24, 2.45) is 0 Å². The van der Waals surface area contributed by atoms with Crippen LogP contribution in [0.2, 0.25) is 0 Å². The number of para-hydroxylation sites is 2. The van der Waals surface area contributed by atoms with Gasteiger partial charge in [0.2, 0.25) is 0 Å². The van der Waals surface area contributed by atoms with E-state index in [-0.39, 0.29) is 0 Å². The predicted octanol–water partition coefficient (Wildman–Crippen LogP) is 14.8. The third-order valence-electron chi connectivity index (χ3n) is 12.2. The molecule has 4 heteroatoms. The van der Waals surface area contributed by atoms with Gasteiger partial charge in [-0.1, -0.05) is 170 Å². The van der Waals surface area contributed by atoms with Crippen molar-refractivity contribution in [2.75, 3.05) is 0 Å². The molecule has 0 spiro atoms. The summed E-state index contributed by atoms with van der Waals surface area (Å²) in [7, 11) is 0. The van der Waals surface area contributed by atoms with Crippen LogP contribution in [-0.2, 0) is 0 Å². The molecule has 0 unspecified atom stereocenters. The second-order valence-corrected chi connectivity index (χ2v) is 15.8. The van der Waals surface area contributed by atoms with Gasteiger partial charge >= 0.3 is 0 Å². The van der Waals surface area contributed by atoms with Crippen molar-refractivity contribution in [3.05, 3.63) is 212 Å². The molecule has 11 aromatic rings. The molecule has 0 bridgehead atoms. The highest BCUT2D eigenvalue weighted by atomic mass is 15.0. The van der Waals surface area contributed by atoms with Gasteiger partial charge in [0.25, 0.3) is 0 Å². The minimum absolute atomic E-state index is 0.756. The van der Waals surface area contributed by atoms with Gasteiger partial charge in [-0.05, 0) is 81.9 Å². The van der Waals surface area contributed by atoms with E-state index in [0.717, 1.165) is 96.6 Å². The summed E-state index contributed by atoms with van der Waals surface area (Å²) in [6.45, 7) is 0. The van der Waals surface area contributed by atoms with Crippen LogP contribution in [0.3, 0.4) is 0 Å². The zero-order chi connectivity index (χ0) is 40.3. The SMILES string of the molecule is C1=CC(c2nc(-c3ccccc3)cc(-c3ccc(-c4ccc(-c5nc6cc7ccccc7cc6c6c7ccccc7n(-c7ccccc7)c56)cc4)c4ccccc34)n2)=CCC1. The van der Waals surface area contributed by atoms with Crippen LogP contribution in [0.1, 0.15) is 18.7 Å². The number of rotatable bonds is 6. The number of pyridine rings is 1. The number of hydrogen-bond donors (Lipinski definition) is 0. The quantitative estimate of drug-likeness (QED) is 0.158. The van der Waals surface area contributed by atoms with Crippen LogP contribution in [0.25, 0.3) is 110 Å². The first-order chi connectivity index (χ1) is 30.2. The fraction of sp³-hybridized carbons (Fsp3) is 0.0351. The first-order valence-corrected chi connectivity index (χ1v) is 21.0.